The third kappa shape index (κ3) is 9.71. The van der Waals surface area contributed by atoms with Gasteiger partial charge in [-0.2, -0.15) is 0 Å². The molecule has 3 aromatic carbocycles. The second kappa shape index (κ2) is 17.6. The molecule has 5 aromatic heterocycles. The van der Waals surface area contributed by atoms with Crippen LogP contribution in [0.1, 0.15) is 48.0 Å². The highest BCUT2D eigenvalue weighted by atomic mass is 16.5. The van der Waals surface area contributed by atoms with Crippen molar-refractivity contribution in [2.24, 2.45) is 5.73 Å². The summed E-state index contributed by atoms with van der Waals surface area (Å²) < 4.78 is 16.5. The highest BCUT2D eigenvalue weighted by Gasteiger charge is 2.15. The topological polar surface area (TPSA) is 229 Å². The maximum absolute atomic E-state index is 12.5. The van der Waals surface area contributed by atoms with Crippen molar-refractivity contribution in [3.05, 3.63) is 162 Å². The lowest BCUT2D eigenvalue weighted by Gasteiger charge is -2.11. The van der Waals surface area contributed by atoms with Crippen LogP contribution in [0.15, 0.2) is 142 Å². The predicted octanol–water partition coefficient (Wildman–Crippen LogP) is 8.48. The maximum atomic E-state index is 12.5. The quantitative estimate of drug-likeness (QED) is 0.0829. The summed E-state index contributed by atoms with van der Waals surface area (Å²) in [5.74, 6) is 0.559. The molecule has 294 valence electrons. The molecule has 16 nitrogen and oxygen atoms in total. The Balaban J connectivity index is 0.000000180. The highest BCUT2D eigenvalue weighted by Crippen LogP contribution is 2.29. The molecular weight excluding hydrogens is 753 g/mol. The fourth-order valence-corrected chi connectivity index (χ4v) is 5.56. The molecule has 3 amide bonds. The van der Waals surface area contributed by atoms with Gasteiger partial charge in [0.25, 0.3) is 23.8 Å². The van der Waals surface area contributed by atoms with E-state index in [1.807, 2.05) is 62.4 Å². The van der Waals surface area contributed by atoms with E-state index < -0.39 is 5.91 Å². The van der Waals surface area contributed by atoms with E-state index in [2.05, 4.69) is 46.4 Å². The summed E-state index contributed by atoms with van der Waals surface area (Å²) in [6.45, 7) is 5.57. The SMILES string of the molecule is Cc1ccc(NC(=O)c2ccc(C(N)=O)cc2)cc1Nc1ncc(-c2cccnc2)o1.Cc1ccc(NC(=O)c2cnoc2C)cc1Nc1ncc(-c2ccncc2)o1. The molecule has 6 N–H and O–H groups in total. The van der Waals surface area contributed by atoms with Gasteiger partial charge in [0.05, 0.1) is 18.6 Å². The lowest BCUT2D eigenvalue weighted by molar-refractivity contribution is 0.0994. The highest BCUT2D eigenvalue weighted by molar-refractivity contribution is 6.06. The molecule has 0 aliphatic rings. The average Bonchev–Trinajstić information content (AvgIpc) is 4.03. The molecule has 0 radical (unpaired) electrons. The van der Waals surface area contributed by atoms with Crippen molar-refractivity contribution in [1.82, 2.24) is 25.1 Å². The molecule has 0 atom stereocenters. The predicted molar refractivity (Wildman–Crippen MR) is 220 cm³/mol. The molecule has 59 heavy (non-hydrogen) atoms. The summed E-state index contributed by atoms with van der Waals surface area (Å²) in [6, 6.07) is 25.2. The molecule has 0 bridgehead atoms. The van der Waals surface area contributed by atoms with Crippen molar-refractivity contribution < 1.29 is 27.7 Å². The molecular formula is C43H36N10O6. The number of nitrogens with zero attached hydrogens (tertiary/aromatic N) is 5. The third-order valence-electron chi connectivity index (χ3n) is 8.82. The number of aryl methyl sites for hydroxylation is 3. The van der Waals surface area contributed by atoms with E-state index in [1.165, 1.54) is 18.3 Å². The van der Waals surface area contributed by atoms with Crippen LogP contribution in [0.2, 0.25) is 0 Å². The van der Waals surface area contributed by atoms with E-state index in [4.69, 9.17) is 19.1 Å². The van der Waals surface area contributed by atoms with Crippen LogP contribution < -0.4 is 27.0 Å². The van der Waals surface area contributed by atoms with Gasteiger partial charge in [0.15, 0.2) is 11.5 Å². The van der Waals surface area contributed by atoms with Gasteiger partial charge in [-0.15, -0.1) is 0 Å². The lowest BCUT2D eigenvalue weighted by atomic mass is 10.1. The van der Waals surface area contributed by atoms with Gasteiger partial charge in [0.2, 0.25) is 5.91 Å². The maximum Gasteiger partial charge on any atom is 0.299 e. The van der Waals surface area contributed by atoms with Crippen molar-refractivity contribution in [3.63, 3.8) is 0 Å². The monoisotopic (exact) mass is 788 g/mol. The van der Waals surface area contributed by atoms with Crippen LogP contribution in [-0.2, 0) is 0 Å². The van der Waals surface area contributed by atoms with Gasteiger partial charge in [-0.3, -0.25) is 24.4 Å². The van der Waals surface area contributed by atoms with Gasteiger partial charge in [-0.1, -0.05) is 17.3 Å². The van der Waals surface area contributed by atoms with Crippen molar-refractivity contribution in [3.8, 4) is 22.6 Å². The van der Waals surface area contributed by atoms with E-state index in [0.717, 1.165) is 33.6 Å². The number of aromatic nitrogens is 5. The zero-order valence-corrected chi connectivity index (χ0v) is 31.9. The Morgan fingerprint density at radius 2 is 1.17 bits per heavy atom. The van der Waals surface area contributed by atoms with Gasteiger partial charge in [-0.25, -0.2) is 9.97 Å². The van der Waals surface area contributed by atoms with Crippen molar-refractivity contribution in [2.75, 3.05) is 21.3 Å². The van der Waals surface area contributed by atoms with Gasteiger partial charge in [-0.05, 0) is 105 Å². The number of anilines is 6. The Hall–Kier alpha value is -8.40. The zero-order valence-electron chi connectivity index (χ0n) is 31.9. The van der Waals surface area contributed by atoms with Crippen molar-refractivity contribution >= 4 is 52.5 Å². The van der Waals surface area contributed by atoms with Gasteiger partial charge in [0.1, 0.15) is 11.3 Å². The molecule has 5 heterocycles. The van der Waals surface area contributed by atoms with E-state index in [1.54, 1.807) is 68.4 Å². The Labute approximate surface area is 336 Å². The first kappa shape index (κ1) is 38.9. The largest absolute Gasteiger partial charge is 0.423 e. The minimum atomic E-state index is -0.542. The third-order valence-corrected chi connectivity index (χ3v) is 8.82. The number of nitrogens with one attached hydrogen (secondary N) is 4. The summed E-state index contributed by atoms with van der Waals surface area (Å²) in [7, 11) is 0. The molecule has 0 unspecified atom stereocenters. The fraction of sp³-hybridized carbons (Fsp3) is 0.0698. The molecule has 0 saturated heterocycles. The minimum Gasteiger partial charge on any atom is -0.423 e. The summed E-state index contributed by atoms with van der Waals surface area (Å²) in [5, 5.41) is 15.6. The number of amides is 3. The Kier molecular flexibility index (Phi) is 11.6. The normalized spacial score (nSPS) is 10.6. The number of oxazole rings is 2. The van der Waals surface area contributed by atoms with Crippen LogP contribution in [0.3, 0.4) is 0 Å². The number of hydrogen-bond donors (Lipinski definition) is 5. The first-order valence-electron chi connectivity index (χ1n) is 18.0. The Bertz CT molecular complexity index is 2730. The minimum absolute atomic E-state index is 0.287. The number of carbonyl (C=O) groups is 3. The van der Waals surface area contributed by atoms with Gasteiger partial charge < -0.3 is 40.4 Å². The van der Waals surface area contributed by atoms with E-state index in [9.17, 15) is 14.4 Å². The number of nitrogens with two attached hydrogens (primary N) is 1. The Morgan fingerprint density at radius 1 is 0.593 bits per heavy atom. The van der Waals surface area contributed by atoms with Crippen LogP contribution in [0.5, 0.6) is 0 Å². The summed E-state index contributed by atoms with van der Waals surface area (Å²) in [4.78, 5) is 52.6. The molecule has 8 aromatic rings. The first-order valence-corrected chi connectivity index (χ1v) is 18.0. The van der Waals surface area contributed by atoms with Crippen LogP contribution in [0, 0.1) is 20.8 Å². The fourth-order valence-electron chi connectivity index (χ4n) is 5.56. The average molecular weight is 789 g/mol. The van der Waals surface area contributed by atoms with Crippen molar-refractivity contribution in [2.45, 2.75) is 20.8 Å². The summed E-state index contributed by atoms with van der Waals surface area (Å²) in [6.07, 6.45) is 11.4. The second-order valence-electron chi connectivity index (χ2n) is 13.0. The van der Waals surface area contributed by atoms with Crippen LogP contribution in [-0.4, -0.2) is 42.8 Å². The van der Waals surface area contributed by atoms with Crippen LogP contribution in [0.4, 0.5) is 34.8 Å². The zero-order chi connectivity index (χ0) is 41.3. The first-order chi connectivity index (χ1) is 28.6. The van der Waals surface area contributed by atoms with Gasteiger partial charge in [0, 0.05) is 69.8 Å². The van der Waals surface area contributed by atoms with Crippen LogP contribution >= 0.6 is 0 Å². The smallest absolute Gasteiger partial charge is 0.299 e. The number of pyridine rings is 2. The molecule has 16 heteroatoms. The number of carbonyl (C=O) groups excluding carboxylic acids is 3. The number of primary amides is 1. The molecule has 8 rings (SSSR count). The molecule has 0 aliphatic heterocycles. The Morgan fingerprint density at radius 3 is 1.71 bits per heavy atom. The van der Waals surface area contributed by atoms with E-state index >= 15 is 0 Å². The number of hydrogen-bond acceptors (Lipinski definition) is 13. The van der Waals surface area contributed by atoms with E-state index in [0.29, 0.717) is 57.4 Å². The van der Waals surface area contributed by atoms with E-state index in [-0.39, 0.29) is 11.8 Å². The number of rotatable bonds is 11. The number of benzene rings is 3. The van der Waals surface area contributed by atoms with Gasteiger partial charge >= 0.3 is 0 Å². The summed E-state index contributed by atoms with van der Waals surface area (Å²) >= 11 is 0. The lowest BCUT2D eigenvalue weighted by Crippen LogP contribution is -2.14. The molecule has 0 fully saturated rings. The van der Waals surface area contributed by atoms with Crippen LogP contribution in [0.25, 0.3) is 22.6 Å². The molecule has 0 spiro atoms. The molecule has 0 aliphatic carbocycles. The second-order valence-corrected chi connectivity index (χ2v) is 13.0. The van der Waals surface area contributed by atoms with Crippen molar-refractivity contribution in [1.29, 1.82) is 0 Å². The summed E-state index contributed by atoms with van der Waals surface area (Å²) in [5.41, 5.74) is 12.7. The molecule has 0 saturated carbocycles. The standard InChI is InChI=1S/C23H19N5O3.C20H17N5O3/c1-14-4-9-18(27-22(30)16-7-5-15(6-8-16)21(24)29)11-19(14)28-23-26-13-20(31-23)17-3-2-10-25-12-17;1-12-3-4-15(24-19(26)16-10-23-28-13(16)2)9-17(12)25-20-22-11-18(27-20)14-5-7-21-8-6-14/h2-13H,1H3,(H2,24,29)(H,26,28)(H,27,30);3-11H,1-2H3,(H,22,25)(H,24,26).